The van der Waals surface area contributed by atoms with Crippen molar-refractivity contribution in [2.75, 3.05) is 6.61 Å². The minimum Gasteiger partial charge on any atom is -0.493 e. The van der Waals surface area contributed by atoms with E-state index in [2.05, 4.69) is 19.1 Å². The predicted molar refractivity (Wildman–Crippen MR) is 69.3 cm³/mol. The second-order valence-electron chi connectivity index (χ2n) is 5.60. The van der Waals surface area contributed by atoms with Crippen LogP contribution in [0.3, 0.4) is 0 Å². The molecule has 1 fully saturated rings. The predicted octanol–water partition coefficient (Wildman–Crippen LogP) is 3.05. The first kappa shape index (κ1) is 11.1. The number of hydrogen-bond acceptors (Lipinski definition) is 2. The maximum atomic E-state index is 6.60. The van der Waals surface area contributed by atoms with Crippen LogP contribution in [0.2, 0.25) is 0 Å². The third-order valence-corrected chi connectivity index (χ3v) is 4.29. The van der Waals surface area contributed by atoms with Gasteiger partial charge in [0.25, 0.3) is 0 Å². The van der Waals surface area contributed by atoms with Crippen LogP contribution in [0.5, 0.6) is 5.75 Å². The van der Waals surface area contributed by atoms with Crippen molar-refractivity contribution < 1.29 is 4.74 Å². The average Bonchev–Trinajstić information content (AvgIpc) is 2.78. The van der Waals surface area contributed by atoms with Crippen molar-refractivity contribution in [1.82, 2.24) is 0 Å². The summed E-state index contributed by atoms with van der Waals surface area (Å²) in [6.45, 7) is 2.97. The molecule has 1 aliphatic heterocycles. The summed E-state index contributed by atoms with van der Waals surface area (Å²) in [4.78, 5) is 0. The van der Waals surface area contributed by atoms with Gasteiger partial charge < -0.3 is 10.5 Å². The van der Waals surface area contributed by atoms with Gasteiger partial charge in [0.15, 0.2) is 0 Å². The third-order valence-electron chi connectivity index (χ3n) is 4.29. The second-order valence-corrected chi connectivity index (χ2v) is 5.60. The van der Waals surface area contributed by atoms with Crippen LogP contribution in [0, 0.1) is 6.92 Å². The molecule has 0 aromatic heterocycles. The molecular formula is C15H21NO. The average molecular weight is 231 g/mol. The topological polar surface area (TPSA) is 35.2 Å². The molecule has 2 heteroatoms. The molecule has 0 spiro atoms. The highest BCUT2D eigenvalue weighted by Crippen LogP contribution is 2.39. The first-order valence-electron chi connectivity index (χ1n) is 6.75. The normalized spacial score (nSPS) is 22.0. The summed E-state index contributed by atoms with van der Waals surface area (Å²) in [5.74, 6) is 1.10. The highest BCUT2D eigenvalue weighted by atomic mass is 16.5. The molecule has 0 unspecified atom stereocenters. The Morgan fingerprint density at radius 2 is 1.94 bits per heavy atom. The van der Waals surface area contributed by atoms with Crippen LogP contribution in [-0.2, 0) is 12.0 Å². The van der Waals surface area contributed by atoms with E-state index in [1.165, 1.54) is 36.0 Å². The summed E-state index contributed by atoms with van der Waals surface area (Å²) >= 11 is 0. The Morgan fingerprint density at radius 1 is 1.18 bits per heavy atom. The van der Waals surface area contributed by atoms with Crippen molar-refractivity contribution in [3.8, 4) is 5.75 Å². The lowest BCUT2D eigenvalue weighted by molar-refractivity contribution is 0.302. The van der Waals surface area contributed by atoms with Crippen molar-refractivity contribution in [2.24, 2.45) is 5.73 Å². The van der Waals surface area contributed by atoms with Crippen LogP contribution < -0.4 is 10.5 Å². The molecule has 1 aliphatic carbocycles. The van der Waals surface area contributed by atoms with Crippen LogP contribution >= 0.6 is 0 Å². The van der Waals surface area contributed by atoms with Gasteiger partial charge >= 0.3 is 0 Å². The van der Waals surface area contributed by atoms with E-state index in [1.807, 2.05) is 0 Å². The number of aryl methyl sites for hydroxylation is 1. The Kier molecular flexibility index (Phi) is 2.62. The van der Waals surface area contributed by atoms with Gasteiger partial charge in [-0.25, -0.2) is 0 Å². The number of rotatable bonds is 1. The lowest BCUT2D eigenvalue weighted by Crippen LogP contribution is -2.38. The number of ether oxygens (including phenoxy) is 1. The minimum atomic E-state index is -0.0827. The molecule has 2 aliphatic rings. The van der Waals surface area contributed by atoms with Crippen LogP contribution in [0.25, 0.3) is 0 Å². The molecule has 3 rings (SSSR count). The zero-order chi connectivity index (χ0) is 11.9. The zero-order valence-corrected chi connectivity index (χ0v) is 10.6. The van der Waals surface area contributed by atoms with Gasteiger partial charge in [0, 0.05) is 12.0 Å². The summed E-state index contributed by atoms with van der Waals surface area (Å²) in [6.07, 6.45) is 7.18. The molecule has 0 bridgehead atoms. The minimum absolute atomic E-state index is 0.0827. The molecule has 0 atom stereocenters. The Bertz CT molecular complexity index is 433. The number of hydrogen-bond donors (Lipinski definition) is 1. The van der Waals surface area contributed by atoms with Gasteiger partial charge in [-0.05, 0) is 36.5 Å². The van der Waals surface area contributed by atoms with Crippen molar-refractivity contribution in [3.05, 3.63) is 28.8 Å². The van der Waals surface area contributed by atoms with E-state index in [1.54, 1.807) is 0 Å². The van der Waals surface area contributed by atoms with E-state index in [-0.39, 0.29) is 5.54 Å². The van der Waals surface area contributed by atoms with Gasteiger partial charge in [-0.3, -0.25) is 0 Å². The standard InChI is InChI=1S/C15H21NO/c1-11-9-13(10-12-5-8-17-14(11)12)15(16)6-3-2-4-7-15/h9-10H,2-8,16H2,1H3. The lowest BCUT2D eigenvalue weighted by Gasteiger charge is -2.34. The van der Waals surface area contributed by atoms with Gasteiger partial charge in [0.2, 0.25) is 0 Å². The second kappa shape index (κ2) is 4.02. The Labute approximate surface area is 103 Å². The van der Waals surface area contributed by atoms with Crippen molar-refractivity contribution >= 4 is 0 Å². The molecule has 92 valence electrons. The van der Waals surface area contributed by atoms with Crippen LogP contribution in [-0.4, -0.2) is 6.61 Å². The smallest absolute Gasteiger partial charge is 0.125 e. The molecule has 17 heavy (non-hydrogen) atoms. The van der Waals surface area contributed by atoms with Gasteiger partial charge in [-0.1, -0.05) is 31.4 Å². The van der Waals surface area contributed by atoms with Gasteiger partial charge in [0.05, 0.1) is 6.61 Å². The fourth-order valence-electron chi connectivity index (χ4n) is 3.26. The molecule has 0 amide bonds. The van der Waals surface area contributed by atoms with E-state index in [0.29, 0.717) is 0 Å². The van der Waals surface area contributed by atoms with E-state index in [4.69, 9.17) is 10.5 Å². The summed E-state index contributed by atoms with van der Waals surface area (Å²) in [5, 5.41) is 0. The Hall–Kier alpha value is -1.02. The Morgan fingerprint density at radius 3 is 2.71 bits per heavy atom. The first-order valence-corrected chi connectivity index (χ1v) is 6.75. The number of fused-ring (bicyclic) bond motifs is 1. The van der Waals surface area contributed by atoms with Crippen LogP contribution in [0.4, 0.5) is 0 Å². The quantitative estimate of drug-likeness (QED) is 0.806. The molecule has 0 saturated heterocycles. The molecular weight excluding hydrogens is 210 g/mol. The first-order chi connectivity index (χ1) is 8.19. The van der Waals surface area contributed by atoms with E-state index in [0.717, 1.165) is 31.6 Å². The van der Waals surface area contributed by atoms with E-state index in [9.17, 15) is 0 Å². The van der Waals surface area contributed by atoms with Gasteiger partial charge in [-0.2, -0.15) is 0 Å². The zero-order valence-electron chi connectivity index (χ0n) is 10.6. The fourth-order valence-corrected chi connectivity index (χ4v) is 3.26. The van der Waals surface area contributed by atoms with Crippen molar-refractivity contribution in [3.63, 3.8) is 0 Å². The number of benzene rings is 1. The molecule has 1 aromatic carbocycles. The largest absolute Gasteiger partial charge is 0.493 e. The van der Waals surface area contributed by atoms with E-state index < -0.39 is 0 Å². The van der Waals surface area contributed by atoms with Crippen molar-refractivity contribution in [2.45, 2.75) is 51.0 Å². The maximum absolute atomic E-state index is 6.60. The molecule has 1 aromatic rings. The lowest BCUT2D eigenvalue weighted by atomic mass is 9.76. The Balaban J connectivity index is 2.00. The molecule has 2 N–H and O–H groups in total. The summed E-state index contributed by atoms with van der Waals surface area (Å²) in [5.41, 5.74) is 10.5. The summed E-state index contributed by atoms with van der Waals surface area (Å²) in [6, 6.07) is 4.54. The maximum Gasteiger partial charge on any atom is 0.125 e. The molecule has 1 saturated carbocycles. The highest BCUT2D eigenvalue weighted by molar-refractivity contribution is 5.48. The molecule has 1 heterocycles. The van der Waals surface area contributed by atoms with Gasteiger partial charge in [0.1, 0.15) is 5.75 Å². The number of nitrogens with two attached hydrogens (primary N) is 1. The van der Waals surface area contributed by atoms with Gasteiger partial charge in [-0.15, -0.1) is 0 Å². The fraction of sp³-hybridized carbons (Fsp3) is 0.600. The molecule has 0 radical (unpaired) electrons. The van der Waals surface area contributed by atoms with Crippen LogP contribution in [0.1, 0.15) is 48.8 Å². The third kappa shape index (κ3) is 1.85. The highest BCUT2D eigenvalue weighted by Gasteiger charge is 2.31. The van der Waals surface area contributed by atoms with Crippen LogP contribution in [0.15, 0.2) is 12.1 Å². The summed E-state index contributed by atoms with van der Waals surface area (Å²) in [7, 11) is 0. The monoisotopic (exact) mass is 231 g/mol. The summed E-state index contributed by atoms with van der Waals surface area (Å²) < 4.78 is 5.66. The molecule has 2 nitrogen and oxygen atoms in total. The van der Waals surface area contributed by atoms with E-state index >= 15 is 0 Å². The van der Waals surface area contributed by atoms with Crippen molar-refractivity contribution in [1.29, 1.82) is 0 Å². The SMILES string of the molecule is Cc1cc(C2(N)CCCCC2)cc2c1OCC2.